The van der Waals surface area contributed by atoms with Crippen LogP contribution >= 0.6 is 11.6 Å². The third-order valence-corrected chi connectivity index (χ3v) is 3.14. The fourth-order valence-electron chi connectivity index (χ4n) is 1.92. The average Bonchev–Trinajstić information content (AvgIpc) is 2.96. The molecule has 2 N–H and O–H groups in total. The van der Waals surface area contributed by atoms with Gasteiger partial charge in [0.2, 0.25) is 0 Å². The van der Waals surface area contributed by atoms with E-state index in [2.05, 4.69) is 10.2 Å². The molecule has 0 radical (unpaired) electrons. The highest BCUT2D eigenvalue weighted by Gasteiger charge is 2.12. The molecular formula is C13H12ClN5. The van der Waals surface area contributed by atoms with E-state index < -0.39 is 0 Å². The van der Waals surface area contributed by atoms with E-state index in [-0.39, 0.29) is 0 Å². The van der Waals surface area contributed by atoms with Crippen molar-refractivity contribution in [3.63, 3.8) is 0 Å². The van der Waals surface area contributed by atoms with Crippen molar-refractivity contribution in [3.8, 4) is 16.9 Å². The van der Waals surface area contributed by atoms with Crippen molar-refractivity contribution in [2.24, 2.45) is 7.05 Å². The molecule has 0 aliphatic carbocycles. The maximum absolute atomic E-state index is 6.15. The second kappa shape index (κ2) is 4.44. The summed E-state index contributed by atoms with van der Waals surface area (Å²) in [5.74, 6) is 0. The van der Waals surface area contributed by atoms with Gasteiger partial charge in [0.15, 0.2) is 0 Å². The largest absolute Gasteiger partial charge is 0.396 e. The third-order valence-electron chi connectivity index (χ3n) is 2.82. The van der Waals surface area contributed by atoms with Crippen molar-refractivity contribution in [2.45, 2.75) is 0 Å². The molecule has 3 rings (SSSR count). The van der Waals surface area contributed by atoms with E-state index in [1.165, 1.54) is 0 Å². The van der Waals surface area contributed by atoms with Gasteiger partial charge in [-0.15, -0.1) is 0 Å². The van der Waals surface area contributed by atoms with Crippen LogP contribution in [0, 0.1) is 0 Å². The second-order valence-corrected chi connectivity index (χ2v) is 4.64. The molecular weight excluding hydrogens is 262 g/mol. The Kier molecular flexibility index (Phi) is 2.76. The lowest BCUT2D eigenvalue weighted by Crippen LogP contribution is -1.95. The molecule has 0 unspecified atom stereocenters. The van der Waals surface area contributed by atoms with Crippen LogP contribution in [0.4, 0.5) is 5.69 Å². The fourth-order valence-corrected chi connectivity index (χ4v) is 2.14. The minimum Gasteiger partial charge on any atom is -0.396 e. The van der Waals surface area contributed by atoms with Crippen molar-refractivity contribution in [1.29, 1.82) is 0 Å². The number of nitrogens with zero attached hydrogens (tertiary/aromatic N) is 4. The lowest BCUT2D eigenvalue weighted by Gasteiger charge is -2.02. The molecule has 3 aromatic rings. The van der Waals surface area contributed by atoms with Crippen LogP contribution in [0.15, 0.2) is 42.9 Å². The van der Waals surface area contributed by atoms with E-state index in [0.717, 1.165) is 11.3 Å². The highest BCUT2D eigenvalue weighted by atomic mass is 35.5. The van der Waals surface area contributed by atoms with Crippen LogP contribution in [0.5, 0.6) is 0 Å². The first-order valence-electron chi connectivity index (χ1n) is 5.74. The average molecular weight is 274 g/mol. The quantitative estimate of drug-likeness (QED) is 0.780. The van der Waals surface area contributed by atoms with E-state index >= 15 is 0 Å². The summed E-state index contributed by atoms with van der Waals surface area (Å²) in [6.07, 6.45) is 5.36. The van der Waals surface area contributed by atoms with Gasteiger partial charge in [0.05, 0.1) is 28.8 Å². The number of rotatable bonds is 2. The van der Waals surface area contributed by atoms with E-state index in [1.807, 2.05) is 37.5 Å². The standard InChI is InChI=1S/C13H12ClN5/c1-18-7-9(6-16-18)13-11(15)8-19(17-13)12-5-3-2-4-10(12)14/h2-8H,15H2,1H3. The molecule has 0 bridgehead atoms. The number of hydrogen-bond donors (Lipinski definition) is 1. The zero-order valence-corrected chi connectivity index (χ0v) is 11.0. The molecule has 0 atom stereocenters. The minimum absolute atomic E-state index is 0.591. The predicted octanol–water partition coefficient (Wildman–Crippen LogP) is 2.51. The Hall–Kier alpha value is -2.27. The molecule has 0 aliphatic heterocycles. The first kappa shape index (κ1) is 11.8. The van der Waals surface area contributed by atoms with E-state index in [9.17, 15) is 0 Å². The number of aryl methyl sites for hydroxylation is 1. The first-order valence-corrected chi connectivity index (χ1v) is 6.12. The number of para-hydroxylation sites is 1. The van der Waals surface area contributed by atoms with Crippen LogP contribution in [-0.4, -0.2) is 19.6 Å². The normalized spacial score (nSPS) is 10.8. The molecule has 19 heavy (non-hydrogen) atoms. The van der Waals surface area contributed by atoms with Crippen LogP contribution < -0.4 is 5.73 Å². The second-order valence-electron chi connectivity index (χ2n) is 4.23. The van der Waals surface area contributed by atoms with Gasteiger partial charge in [0.1, 0.15) is 5.69 Å². The Balaban J connectivity index is 2.10. The van der Waals surface area contributed by atoms with E-state index in [0.29, 0.717) is 16.4 Å². The molecule has 0 aliphatic rings. The molecule has 96 valence electrons. The summed E-state index contributed by atoms with van der Waals surface area (Å²) in [7, 11) is 1.85. The highest BCUT2D eigenvalue weighted by Crippen LogP contribution is 2.27. The van der Waals surface area contributed by atoms with Crippen LogP contribution in [0.1, 0.15) is 0 Å². The Morgan fingerprint density at radius 1 is 1.21 bits per heavy atom. The van der Waals surface area contributed by atoms with Gasteiger partial charge in [0.25, 0.3) is 0 Å². The molecule has 0 saturated heterocycles. The lowest BCUT2D eigenvalue weighted by molar-refractivity contribution is 0.768. The van der Waals surface area contributed by atoms with Gasteiger partial charge in [-0.3, -0.25) is 4.68 Å². The zero-order chi connectivity index (χ0) is 13.4. The third kappa shape index (κ3) is 2.08. The number of nitrogens with two attached hydrogens (primary N) is 1. The van der Waals surface area contributed by atoms with Gasteiger partial charge in [-0.2, -0.15) is 10.2 Å². The van der Waals surface area contributed by atoms with Crippen LogP contribution in [-0.2, 0) is 7.05 Å². The van der Waals surface area contributed by atoms with E-state index in [1.54, 1.807) is 21.8 Å². The van der Waals surface area contributed by atoms with Gasteiger partial charge in [0, 0.05) is 18.8 Å². The summed E-state index contributed by atoms with van der Waals surface area (Å²) < 4.78 is 3.39. The maximum atomic E-state index is 6.15. The summed E-state index contributed by atoms with van der Waals surface area (Å²) in [5, 5.41) is 9.23. The van der Waals surface area contributed by atoms with Crippen molar-refractivity contribution in [2.75, 3.05) is 5.73 Å². The lowest BCUT2D eigenvalue weighted by atomic mass is 10.2. The fraction of sp³-hybridized carbons (Fsp3) is 0.0769. The summed E-state index contributed by atoms with van der Waals surface area (Å²) in [5.41, 5.74) is 8.98. The molecule has 0 spiro atoms. The molecule has 0 saturated carbocycles. The molecule has 1 aromatic carbocycles. The number of nitrogen functional groups attached to an aromatic ring is 1. The Labute approximate surface area is 115 Å². The topological polar surface area (TPSA) is 61.7 Å². The Bertz CT molecular complexity index is 728. The van der Waals surface area contributed by atoms with Gasteiger partial charge in [-0.1, -0.05) is 23.7 Å². The van der Waals surface area contributed by atoms with Gasteiger partial charge >= 0.3 is 0 Å². The number of hydrogen-bond acceptors (Lipinski definition) is 3. The van der Waals surface area contributed by atoms with Crippen molar-refractivity contribution >= 4 is 17.3 Å². The minimum atomic E-state index is 0.591. The summed E-state index contributed by atoms with van der Waals surface area (Å²) in [6.45, 7) is 0. The van der Waals surface area contributed by atoms with E-state index in [4.69, 9.17) is 17.3 Å². The summed E-state index contributed by atoms with van der Waals surface area (Å²) in [4.78, 5) is 0. The predicted molar refractivity (Wildman–Crippen MR) is 75.2 cm³/mol. The number of aromatic nitrogens is 4. The summed E-state index contributed by atoms with van der Waals surface area (Å²) in [6, 6.07) is 7.49. The number of halogens is 1. The molecule has 2 heterocycles. The molecule has 0 amide bonds. The van der Waals surface area contributed by atoms with Crippen LogP contribution in [0.3, 0.4) is 0 Å². The molecule has 2 aromatic heterocycles. The maximum Gasteiger partial charge on any atom is 0.119 e. The highest BCUT2D eigenvalue weighted by molar-refractivity contribution is 6.32. The van der Waals surface area contributed by atoms with Gasteiger partial charge in [-0.25, -0.2) is 4.68 Å². The first-order chi connectivity index (χ1) is 9.15. The Morgan fingerprint density at radius 2 is 2.00 bits per heavy atom. The summed E-state index contributed by atoms with van der Waals surface area (Å²) >= 11 is 6.15. The van der Waals surface area contributed by atoms with Gasteiger partial charge in [-0.05, 0) is 12.1 Å². The van der Waals surface area contributed by atoms with Gasteiger partial charge < -0.3 is 5.73 Å². The number of anilines is 1. The SMILES string of the molecule is Cn1cc(-c2nn(-c3ccccc3Cl)cc2N)cn1. The van der Waals surface area contributed by atoms with Crippen molar-refractivity contribution < 1.29 is 0 Å². The van der Waals surface area contributed by atoms with Crippen molar-refractivity contribution in [1.82, 2.24) is 19.6 Å². The molecule has 6 heteroatoms. The molecule has 5 nitrogen and oxygen atoms in total. The Morgan fingerprint density at radius 3 is 2.68 bits per heavy atom. The number of benzene rings is 1. The monoisotopic (exact) mass is 273 g/mol. The van der Waals surface area contributed by atoms with Crippen LogP contribution in [0.2, 0.25) is 5.02 Å². The van der Waals surface area contributed by atoms with Crippen LogP contribution in [0.25, 0.3) is 16.9 Å². The zero-order valence-electron chi connectivity index (χ0n) is 10.3. The molecule has 0 fully saturated rings. The van der Waals surface area contributed by atoms with Crippen molar-refractivity contribution in [3.05, 3.63) is 47.9 Å². The smallest absolute Gasteiger partial charge is 0.119 e.